The van der Waals surface area contributed by atoms with Gasteiger partial charge in [-0.15, -0.1) is 0 Å². The lowest BCUT2D eigenvalue weighted by atomic mass is 10.1. The zero-order valence-corrected chi connectivity index (χ0v) is 13.3. The number of hydrogen-bond donors (Lipinski definition) is 1. The second-order valence-corrected chi connectivity index (χ2v) is 5.73. The van der Waals surface area contributed by atoms with E-state index in [1.807, 2.05) is 22.6 Å². The molecule has 0 aromatic heterocycles. The molecule has 0 fully saturated rings. The first-order chi connectivity index (χ1) is 8.74. The third-order valence-electron chi connectivity index (χ3n) is 2.20. The summed E-state index contributed by atoms with van der Waals surface area (Å²) in [5.41, 5.74) is -0.128. The number of amides is 1. The first-order valence-corrected chi connectivity index (χ1v) is 7.35. The molecule has 1 amide bonds. The number of phenols is 1. The molecular formula is C11H10BrF3INO2. The number of carbonyl (C=O) groups excluding carboxylic acids is 1. The predicted octanol–water partition coefficient (Wildman–Crippen LogP) is 3.40. The number of aromatic hydroxyl groups is 1. The molecule has 1 aromatic carbocycles. The summed E-state index contributed by atoms with van der Waals surface area (Å²) in [6, 6.07) is 4.20. The lowest BCUT2D eigenvalue weighted by molar-refractivity contribution is -0.140. The normalized spacial score (nSPS) is 11.4. The Morgan fingerprint density at radius 2 is 2.05 bits per heavy atom. The van der Waals surface area contributed by atoms with E-state index in [2.05, 4.69) is 15.9 Å². The van der Waals surface area contributed by atoms with Crippen LogP contribution >= 0.6 is 38.5 Å². The average Bonchev–Trinajstić information content (AvgIpc) is 2.29. The standard InChI is InChI=1S/C11H10BrF3INO2/c12-3-4-17(6-11(13,14)15)10(19)8-5-7(16)1-2-9(8)18/h1-2,5,18H,3-4,6H2. The van der Waals surface area contributed by atoms with Crippen molar-refractivity contribution >= 4 is 44.4 Å². The molecule has 8 heteroatoms. The highest BCUT2D eigenvalue weighted by Crippen LogP contribution is 2.24. The van der Waals surface area contributed by atoms with Crippen LogP contribution < -0.4 is 0 Å². The summed E-state index contributed by atoms with van der Waals surface area (Å²) in [5.74, 6) is -1.17. The molecule has 1 aromatic rings. The van der Waals surface area contributed by atoms with Crippen molar-refractivity contribution in [2.75, 3.05) is 18.4 Å². The molecule has 106 valence electrons. The smallest absolute Gasteiger partial charge is 0.406 e. The van der Waals surface area contributed by atoms with E-state index in [1.54, 1.807) is 6.07 Å². The van der Waals surface area contributed by atoms with E-state index in [0.717, 1.165) is 0 Å². The average molecular weight is 452 g/mol. The molecule has 0 aliphatic heterocycles. The molecule has 1 rings (SSSR count). The van der Waals surface area contributed by atoms with Gasteiger partial charge in [0.05, 0.1) is 5.56 Å². The van der Waals surface area contributed by atoms with Crippen molar-refractivity contribution in [2.45, 2.75) is 6.18 Å². The molecule has 0 atom stereocenters. The van der Waals surface area contributed by atoms with E-state index in [-0.39, 0.29) is 23.2 Å². The maximum atomic E-state index is 12.4. The van der Waals surface area contributed by atoms with Crippen LogP contribution in [-0.2, 0) is 0 Å². The minimum Gasteiger partial charge on any atom is -0.507 e. The number of phenolic OH excluding ortho intramolecular Hbond substituents is 1. The minimum atomic E-state index is -4.48. The third kappa shape index (κ3) is 5.17. The van der Waals surface area contributed by atoms with Crippen LogP contribution in [0.4, 0.5) is 13.2 Å². The van der Waals surface area contributed by atoms with E-state index in [4.69, 9.17) is 0 Å². The van der Waals surface area contributed by atoms with E-state index in [0.29, 0.717) is 8.47 Å². The molecule has 0 saturated carbocycles. The largest absolute Gasteiger partial charge is 0.507 e. The maximum Gasteiger partial charge on any atom is 0.406 e. The number of carbonyl (C=O) groups is 1. The highest BCUT2D eigenvalue weighted by Gasteiger charge is 2.33. The zero-order chi connectivity index (χ0) is 14.6. The fourth-order valence-corrected chi connectivity index (χ4v) is 2.34. The Kier molecular flexibility index (Phi) is 5.90. The fraction of sp³-hybridized carbons (Fsp3) is 0.364. The lowest BCUT2D eigenvalue weighted by Gasteiger charge is -2.23. The summed E-state index contributed by atoms with van der Waals surface area (Å²) >= 11 is 4.92. The molecule has 0 aliphatic carbocycles. The minimum absolute atomic E-state index is 0.0940. The summed E-state index contributed by atoms with van der Waals surface area (Å²) in [6.45, 7) is -1.44. The SMILES string of the molecule is O=C(c1cc(I)ccc1O)N(CCBr)CC(F)(F)F. The number of halogens is 5. The number of rotatable bonds is 4. The fourth-order valence-electron chi connectivity index (χ4n) is 1.42. The number of nitrogens with zero attached hydrogens (tertiary/aromatic N) is 1. The van der Waals surface area contributed by atoms with Gasteiger partial charge in [0.1, 0.15) is 12.3 Å². The summed E-state index contributed by atoms with van der Waals surface area (Å²) in [4.78, 5) is 12.7. The van der Waals surface area contributed by atoms with Crippen LogP contribution in [0.3, 0.4) is 0 Å². The Balaban J connectivity index is 3.02. The number of alkyl halides is 4. The third-order valence-corrected chi connectivity index (χ3v) is 3.23. The van der Waals surface area contributed by atoms with Crippen molar-refractivity contribution in [2.24, 2.45) is 0 Å². The van der Waals surface area contributed by atoms with Crippen molar-refractivity contribution in [3.63, 3.8) is 0 Å². The van der Waals surface area contributed by atoms with E-state index >= 15 is 0 Å². The van der Waals surface area contributed by atoms with E-state index in [1.165, 1.54) is 12.1 Å². The topological polar surface area (TPSA) is 40.5 Å². The van der Waals surface area contributed by atoms with Crippen LogP contribution in [0.25, 0.3) is 0 Å². The van der Waals surface area contributed by atoms with Gasteiger partial charge in [-0.05, 0) is 40.8 Å². The van der Waals surface area contributed by atoms with Crippen molar-refractivity contribution in [1.29, 1.82) is 0 Å². The van der Waals surface area contributed by atoms with Gasteiger partial charge in [-0.1, -0.05) is 15.9 Å². The van der Waals surface area contributed by atoms with E-state index < -0.39 is 18.6 Å². The van der Waals surface area contributed by atoms with Crippen LogP contribution in [-0.4, -0.2) is 40.5 Å². The van der Waals surface area contributed by atoms with Crippen LogP contribution in [0.5, 0.6) is 5.75 Å². The molecular weight excluding hydrogens is 442 g/mol. The second kappa shape index (κ2) is 6.78. The van der Waals surface area contributed by atoms with Crippen molar-refractivity contribution < 1.29 is 23.1 Å². The highest BCUT2D eigenvalue weighted by atomic mass is 127. The molecule has 0 bridgehead atoms. The summed E-state index contributed by atoms with van der Waals surface area (Å²) in [5, 5.41) is 9.80. The number of benzene rings is 1. The summed E-state index contributed by atoms with van der Waals surface area (Å²) in [7, 11) is 0. The van der Waals surface area contributed by atoms with Crippen molar-refractivity contribution in [3.8, 4) is 5.75 Å². The maximum absolute atomic E-state index is 12.4. The summed E-state index contributed by atoms with van der Waals surface area (Å²) < 4.78 is 37.9. The van der Waals surface area contributed by atoms with Gasteiger partial charge in [-0.2, -0.15) is 13.2 Å². The number of hydrogen-bond acceptors (Lipinski definition) is 2. The van der Waals surface area contributed by atoms with Crippen LogP contribution in [0.1, 0.15) is 10.4 Å². The Bertz CT molecular complexity index is 468. The monoisotopic (exact) mass is 451 g/mol. The van der Waals surface area contributed by atoms with Gasteiger partial charge in [0.2, 0.25) is 0 Å². The summed E-state index contributed by atoms with van der Waals surface area (Å²) in [6.07, 6.45) is -4.48. The van der Waals surface area contributed by atoms with Gasteiger partial charge in [-0.25, -0.2) is 0 Å². The molecule has 0 saturated heterocycles. The molecule has 1 N–H and O–H groups in total. The van der Waals surface area contributed by atoms with Gasteiger partial charge in [0.25, 0.3) is 5.91 Å². The lowest BCUT2D eigenvalue weighted by Crippen LogP contribution is -2.40. The first-order valence-electron chi connectivity index (χ1n) is 5.15. The second-order valence-electron chi connectivity index (χ2n) is 3.69. The van der Waals surface area contributed by atoms with Crippen LogP contribution in [0.15, 0.2) is 18.2 Å². The van der Waals surface area contributed by atoms with Gasteiger partial charge in [-0.3, -0.25) is 4.79 Å². The molecule has 19 heavy (non-hydrogen) atoms. The Morgan fingerprint density at radius 1 is 1.42 bits per heavy atom. The Hall–Kier alpha value is -0.510. The van der Waals surface area contributed by atoms with Gasteiger partial charge < -0.3 is 10.0 Å². The quantitative estimate of drug-likeness (QED) is 0.563. The van der Waals surface area contributed by atoms with Crippen LogP contribution in [0.2, 0.25) is 0 Å². The van der Waals surface area contributed by atoms with Gasteiger partial charge >= 0.3 is 6.18 Å². The highest BCUT2D eigenvalue weighted by molar-refractivity contribution is 14.1. The molecule has 0 aliphatic rings. The zero-order valence-electron chi connectivity index (χ0n) is 9.55. The van der Waals surface area contributed by atoms with Gasteiger partial charge in [0.15, 0.2) is 0 Å². The molecule has 3 nitrogen and oxygen atoms in total. The molecule has 0 radical (unpaired) electrons. The molecule has 0 heterocycles. The first kappa shape index (κ1) is 16.5. The molecule has 0 spiro atoms. The molecule has 0 unspecified atom stereocenters. The van der Waals surface area contributed by atoms with Crippen molar-refractivity contribution in [3.05, 3.63) is 27.3 Å². The van der Waals surface area contributed by atoms with Crippen molar-refractivity contribution in [1.82, 2.24) is 4.90 Å². The van der Waals surface area contributed by atoms with E-state index in [9.17, 15) is 23.1 Å². The predicted molar refractivity (Wildman–Crippen MR) is 76.6 cm³/mol. The Morgan fingerprint density at radius 3 is 2.58 bits per heavy atom. The Labute approximate surface area is 130 Å². The van der Waals surface area contributed by atoms with Gasteiger partial charge in [0, 0.05) is 15.4 Å². The van der Waals surface area contributed by atoms with Crippen LogP contribution in [0, 0.1) is 3.57 Å².